The van der Waals surface area contributed by atoms with Crippen LogP contribution in [0.25, 0.3) is 5.65 Å². The quantitative estimate of drug-likeness (QED) is 0.916. The molecule has 4 nitrogen and oxygen atoms in total. The Kier molecular flexibility index (Phi) is 3.16. The van der Waals surface area contributed by atoms with Crippen LogP contribution in [-0.2, 0) is 0 Å². The van der Waals surface area contributed by atoms with Crippen LogP contribution in [0.1, 0.15) is 25.7 Å². The lowest BCUT2D eigenvalue weighted by Crippen LogP contribution is -2.32. The summed E-state index contributed by atoms with van der Waals surface area (Å²) in [6.45, 7) is 0. The molecule has 1 aliphatic rings. The summed E-state index contributed by atoms with van der Waals surface area (Å²) in [6.07, 6.45) is 4.31. The fourth-order valence-corrected chi connectivity index (χ4v) is 2.68. The number of nitrogens with zero attached hydrogens (tertiary/aromatic N) is 3. The smallest absolute Gasteiger partial charge is 0.248 e. The van der Waals surface area contributed by atoms with Gasteiger partial charge in [-0.3, -0.25) is 0 Å². The van der Waals surface area contributed by atoms with Crippen LogP contribution in [0.2, 0.25) is 0 Å². The lowest BCUT2D eigenvalue weighted by Gasteiger charge is -2.29. The molecule has 0 atom stereocenters. The zero-order valence-corrected chi connectivity index (χ0v) is 11.7. The van der Waals surface area contributed by atoms with E-state index in [-0.39, 0.29) is 18.9 Å². The van der Waals surface area contributed by atoms with Gasteiger partial charge in [-0.2, -0.15) is 5.10 Å². The highest BCUT2D eigenvalue weighted by molar-refractivity contribution is 9.10. The number of rotatable bonds is 2. The summed E-state index contributed by atoms with van der Waals surface area (Å²) >= 11 is 3.37. The van der Waals surface area contributed by atoms with E-state index >= 15 is 0 Å². The molecule has 3 rings (SSSR count). The average molecular weight is 331 g/mol. The average Bonchev–Trinajstić information content (AvgIpc) is 2.74. The second kappa shape index (κ2) is 4.70. The molecule has 102 valence electrons. The Morgan fingerprint density at radius 1 is 1.37 bits per heavy atom. The molecular formula is C12H13BrF2N4. The zero-order chi connectivity index (χ0) is 13.5. The number of aromatic nitrogens is 3. The van der Waals surface area contributed by atoms with Crippen LogP contribution in [0.3, 0.4) is 0 Å². The summed E-state index contributed by atoms with van der Waals surface area (Å²) in [5.41, 5.74) is 0.714. The summed E-state index contributed by atoms with van der Waals surface area (Å²) in [7, 11) is 0. The van der Waals surface area contributed by atoms with Gasteiger partial charge in [0.25, 0.3) is 0 Å². The fraction of sp³-hybridized carbons (Fsp3) is 0.500. The molecule has 0 bridgehead atoms. The second-order valence-corrected chi connectivity index (χ2v) is 5.70. The first-order valence-electron chi connectivity index (χ1n) is 6.18. The van der Waals surface area contributed by atoms with Gasteiger partial charge in [-0.05, 0) is 34.8 Å². The van der Waals surface area contributed by atoms with Crippen LogP contribution in [0.4, 0.5) is 14.6 Å². The summed E-state index contributed by atoms with van der Waals surface area (Å²) < 4.78 is 28.6. The van der Waals surface area contributed by atoms with Crippen molar-refractivity contribution in [1.29, 1.82) is 0 Å². The standard InChI is InChI=1S/C12H13BrF2N4/c13-9-7-16-19-6-3-10(18-11(9)19)17-8-1-4-12(14,15)5-2-8/h3,6-8H,1-2,4-5H2,(H,17,18). The predicted molar refractivity (Wildman–Crippen MR) is 71.5 cm³/mol. The van der Waals surface area contributed by atoms with Crippen molar-refractivity contribution in [2.24, 2.45) is 0 Å². The maximum absolute atomic E-state index is 13.1. The highest BCUT2D eigenvalue weighted by Crippen LogP contribution is 2.34. The number of nitrogens with one attached hydrogen (secondary N) is 1. The van der Waals surface area contributed by atoms with E-state index in [4.69, 9.17) is 0 Å². The molecule has 0 aromatic carbocycles. The molecule has 0 amide bonds. The Bertz CT molecular complexity index is 588. The van der Waals surface area contributed by atoms with Crippen LogP contribution in [0.15, 0.2) is 22.9 Å². The van der Waals surface area contributed by atoms with Gasteiger partial charge < -0.3 is 5.32 Å². The molecule has 2 aromatic heterocycles. The van der Waals surface area contributed by atoms with Crippen LogP contribution in [0, 0.1) is 0 Å². The van der Waals surface area contributed by atoms with Gasteiger partial charge in [-0.15, -0.1) is 0 Å². The summed E-state index contributed by atoms with van der Waals surface area (Å²) in [5.74, 6) is -1.80. The van der Waals surface area contributed by atoms with E-state index in [9.17, 15) is 8.78 Å². The highest BCUT2D eigenvalue weighted by Gasteiger charge is 2.34. The Labute approximate surface area is 117 Å². The van der Waals surface area contributed by atoms with Crippen molar-refractivity contribution in [3.63, 3.8) is 0 Å². The van der Waals surface area contributed by atoms with Gasteiger partial charge >= 0.3 is 0 Å². The van der Waals surface area contributed by atoms with Gasteiger partial charge in [0.05, 0.1) is 10.7 Å². The van der Waals surface area contributed by atoms with E-state index in [0.717, 1.165) is 4.47 Å². The normalized spacial score (nSPS) is 19.7. The monoisotopic (exact) mass is 330 g/mol. The molecule has 0 unspecified atom stereocenters. The Morgan fingerprint density at radius 3 is 2.84 bits per heavy atom. The Balaban J connectivity index is 1.73. The number of anilines is 1. The van der Waals surface area contributed by atoms with Crippen LogP contribution < -0.4 is 5.32 Å². The highest BCUT2D eigenvalue weighted by atomic mass is 79.9. The van der Waals surface area contributed by atoms with Crippen LogP contribution in [-0.4, -0.2) is 26.6 Å². The van der Waals surface area contributed by atoms with E-state index < -0.39 is 5.92 Å². The maximum atomic E-state index is 13.1. The topological polar surface area (TPSA) is 42.2 Å². The second-order valence-electron chi connectivity index (χ2n) is 4.85. The van der Waals surface area contributed by atoms with Gasteiger partial charge in [0, 0.05) is 25.1 Å². The SMILES string of the molecule is FC1(F)CCC(Nc2ccn3ncc(Br)c3n2)CC1. The van der Waals surface area contributed by atoms with E-state index in [1.807, 2.05) is 0 Å². The van der Waals surface area contributed by atoms with E-state index in [0.29, 0.717) is 24.3 Å². The molecule has 2 aromatic rings. The molecule has 0 aliphatic heterocycles. The number of alkyl halides is 2. The van der Waals surface area contributed by atoms with Gasteiger partial charge in [0.15, 0.2) is 5.65 Å². The maximum Gasteiger partial charge on any atom is 0.248 e. The molecule has 0 spiro atoms. The van der Waals surface area contributed by atoms with Crippen molar-refractivity contribution in [2.45, 2.75) is 37.6 Å². The van der Waals surface area contributed by atoms with E-state index in [1.54, 1.807) is 23.0 Å². The van der Waals surface area contributed by atoms with Gasteiger partial charge in [0.1, 0.15) is 5.82 Å². The summed E-state index contributed by atoms with van der Waals surface area (Å²) in [5, 5.41) is 7.33. The minimum absolute atomic E-state index is 0.0523. The molecule has 1 N–H and O–H groups in total. The summed E-state index contributed by atoms with van der Waals surface area (Å²) in [6, 6.07) is 1.87. The number of halogens is 3. The molecule has 1 aliphatic carbocycles. The first-order valence-corrected chi connectivity index (χ1v) is 6.97. The zero-order valence-electron chi connectivity index (χ0n) is 10.1. The minimum atomic E-state index is -2.50. The van der Waals surface area contributed by atoms with Crippen molar-refractivity contribution in [2.75, 3.05) is 5.32 Å². The molecular weight excluding hydrogens is 318 g/mol. The molecule has 2 heterocycles. The predicted octanol–water partition coefficient (Wildman–Crippen LogP) is 3.48. The largest absolute Gasteiger partial charge is 0.367 e. The van der Waals surface area contributed by atoms with Crippen molar-refractivity contribution in [3.8, 4) is 0 Å². The van der Waals surface area contributed by atoms with Crippen LogP contribution >= 0.6 is 15.9 Å². The van der Waals surface area contributed by atoms with E-state index in [1.165, 1.54) is 0 Å². The third-order valence-corrected chi connectivity index (χ3v) is 3.95. The Hall–Kier alpha value is -1.24. The van der Waals surface area contributed by atoms with E-state index in [2.05, 4.69) is 31.3 Å². The van der Waals surface area contributed by atoms with Crippen molar-refractivity contribution < 1.29 is 8.78 Å². The third kappa shape index (κ3) is 2.70. The molecule has 1 saturated carbocycles. The van der Waals surface area contributed by atoms with Crippen molar-refractivity contribution in [3.05, 3.63) is 22.9 Å². The van der Waals surface area contributed by atoms with Crippen molar-refractivity contribution in [1.82, 2.24) is 14.6 Å². The molecule has 0 saturated heterocycles. The lowest BCUT2D eigenvalue weighted by molar-refractivity contribution is -0.0361. The molecule has 7 heteroatoms. The number of fused-ring (bicyclic) bond motifs is 1. The fourth-order valence-electron chi connectivity index (χ4n) is 2.32. The first kappa shape index (κ1) is 12.8. The first-order chi connectivity index (χ1) is 9.03. The van der Waals surface area contributed by atoms with Gasteiger partial charge in [-0.1, -0.05) is 0 Å². The van der Waals surface area contributed by atoms with Gasteiger partial charge in [-0.25, -0.2) is 18.3 Å². The van der Waals surface area contributed by atoms with Crippen LogP contribution in [0.5, 0.6) is 0 Å². The summed E-state index contributed by atoms with van der Waals surface area (Å²) in [4.78, 5) is 4.42. The third-order valence-electron chi connectivity index (χ3n) is 3.40. The molecule has 19 heavy (non-hydrogen) atoms. The number of hydrogen-bond acceptors (Lipinski definition) is 3. The lowest BCUT2D eigenvalue weighted by atomic mass is 9.92. The van der Waals surface area contributed by atoms with Gasteiger partial charge in [0.2, 0.25) is 5.92 Å². The molecule has 1 fully saturated rings. The number of hydrogen-bond donors (Lipinski definition) is 1. The Morgan fingerprint density at radius 2 is 2.11 bits per heavy atom. The van der Waals surface area contributed by atoms with Crippen molar-refractivity contribution >= 4 is 27.4 Å². The molecule has 0 radical (unpaired) electrons. The minimum Gasteiger partial charge on any atom is -0.367 e.